The van der Waals surface area contributed by atoms with Crippen LogP contribution < -0.4 is 0 Å². The summed E-state index contributed by atoms with van der Waals surface area (Å²) in [6.07, 6.45) is 1.40. The molecule has 108 valence electrons. The van der Waals surface area contributed by atoms with Gasteiger partial charge in [0, 0.05) is 6.20 Å². The van der Waals surface area contributed by atoms with E-state index < -0.39 is 26.0 Å². The maximum absolute atomic E-state index is 11.6. The molecule has 0 unspecified atom stereocenters. The summed E-state index contributed by atoms with van der Waals surface area (Å²) in [5, 5.41) is 10.1. The molecule has 3 aromatic rings. The van der Waals surface area contributed by atoms with E-state index in [4.69, 9.17) is 4.42 Å². The average molecular weight is 309 g/mol. The van der Waals surface area contributed by atoms with E-state index >= 15 is 0 Å². The Hall–Kier alpha value is -2.72. The standard InChI is InChI=1S/C11H7N3O6S/c15-14(16)9-5-4-7(20-9)10-11(21(17,18)19)13-6-2-1-3-8(13)12-10/h1-6H,(H,17,18,19). The Morgan fingerprint density at radius 2 is 2.05 bits per heavy atom. The van der Waals surface area contributed by atoms with Crippen LogP contribution in [0.4, 0.5) is 5.88 Å². The van der Waals surface area contributed by atoms with Gasteiger partial charge in [-0.15, -0.1) is 0 Å². The minimum absolute atomic E-state index is 0.127. The minimum atomic E-state index is -4.61. The first-order valence-electron chi connectivity index (χ1n) is 5.57. The van der Waals surface area contributed by atoms with Gasteiger partial charge < -0.3 is 4.42 Å². The van der Waals surface area contributed by atoms with Crippen molar-refractivity contribution in [2.75, 3.05) is 0 Å². The molecule has 0 aliphatic rings. The molecule has 3 aromatic heterocycles. The third-order valence-corrected chi connectivity index (χ3v) is 3.61. The van der Waals surface area contributed by atoms with Gasteiger partial charge in [0.15, 0.2) is 10.8 Å². The van der Waals surface area contributed by atoms with Crippen LogP contribution in [0, 0.1) is 10.1 Å². The number of nitro groups is 1. The van der Waals surface area contributed by atoms with Gasteiger partial charge in [-0.05, 0) is 18.2 Å². The normalized spacial score (nSPS) is 11.9. The van der Waals surface area contributed by atoms with Gasteiger partial charge in [-0.2, -0.15) is 8.42 Å². The highest BCUT2D eigenvalue weighted by atomic mass is 32.2. The number of pyridine rings is 1. The van der Waals surface area contributed by atoms with Crippen molar-refractivity contribution in [2.45, 2.75) is 5.03 Å². The highest BCUT2D eigenvalue weighted by molar-refractivity contribution is 7.85. The molecule has 3 rings (SSSR count). The van der Waals surface area contributed by atoms with Crippen molar-refractivity contribution in [1.82, 2.24) is 9.38 Å². The Labute approximate surface area is 117 Å². The van der Waals surface area contributed by atoms with Crippen LogP contribution in [0.2, 0.25) is 0 Å². The summed E-state index contributed by atoms with van der Waals surface area (Å²) in [4.78, 5) is 13.9. The van der Waals surface area contributed by atoms with Gasteiger partial charge >= 0.3 is 16.0 Å². The van der Waals surface area contributed by atoms with E-state index in [9.17, 15) is 23.1 Å². The Morgan fingerprint density at radius 3 is 2.67 bits per heavy atom. The van der Waals surface area contributed by atoms with Crippen molar-refractivity contribution < 1.29 is 22.3 Å². The fourth-order valence-electron chi connectivity index (χ4n) is 1.93. The smallest absolute Gasteiger partial charge is 0.399 e. The molecule has 10 heteroatoms. The van der Waals surface area contributed by atoms with Crippen molar-refractivity contribution in [2.24, 2.45) is 0 Å². The lowest BCUT2D eigenvalue weighted by Gasteiger charge is -1.99. The van der Waals surface area contributed by atoms with Crippen LogP contribution in [0.1, 0.15) is 0 Å². The first-order chi connectivity index (χ1) is 9.88. The number of furan rings is 1. The Bertz CT molecular complexity index is 955. The molecule has 1 N–H and O–H groups in total. The predicted molar refractivity (Wildman–Crippen MR) is 69.4 cm³/mol. The Morgan fingerprint density at radius 1 is 1.29 bits per heavy atom. The molecule has 0 aromatic carbocycles. The van der Waals surface area contributed by atoms with Crippen LogP contribution in [-0.2, 0) is 10.1 Å². The van der Waals surface area contributed by atoms with E-state index in [-0.39, 0.29) is 17.1 Å². The third kappa shape index (κ3) is 2.15. The van der Waals surface area contributed by atoms with Gasteiger partial charge in [0.25, 0.3) is 0 Å². The van der Waals surface area contributed by atoms with Crippen LogP contribution in [0.15, 0.2) is 46.0 Å². The molecule has 0 saturated heterocycles. The summed E-state index contributed by atoms with van der Waals surface area (Å²) in [6.45, 7) is 0. The number of nitrogens with zero attached hydrogens (tertiary/aromatic N) is 3. The first-order valence-corrected chi connectivity index (χ1v) is 7.01. The monoisotopic (exact) mass is 309 g/mol. The molecule has 3 heterocycles. The molecule has 0 aliphatic heterocycles. The molecular weight excluding hydrogens is 302 g/mol. The van der Waals surface area contributed by atoms with Crippen LogP contribution in [-0.4, -0.2) is 27.3 Å². The largest absolute Gasteiger partial charge is 0.433 e. The zero-order valence-electron chi connectivity index (χ0n) is 10.2. The van der Waals surface area contributed by atoms with Gasteiger partial charge in [0.05, 0.1) is 6.07 Å². The summed E-state index contributed by atoms with van der Waals surface area (Å²) >= 11 is 0. The summed E-state index contributed by atoms with van der Waals surface area (Å²) in [7, 11) is -4.61. The van der Waals surface area contributed by atoms with E-state index in [2.05, 4.69) is 4.98 Å². The molecule has 0 fully saturated rings. The van der Waals surface area contributed by atoms with E-state index in [0.717, 1.165) is 10.5 Å². The maximum Gasteiger partial charge on any atom is 0.433 e. The third-order valence-electron chi connectivity index (χ3n) is 2.74. The molecule has 0 radical (unpaired) electrons. The van der Waals surface area contributed by atoms with Gasteiger partial charge in [0.2, 0.25) is 0 Å². The zero-order chi connectivity index (χ0) is 15.2. The van der Waals surface area contributed by atoms with Gasteiger partial charge in [-0.25, -0.2) is 4.98 Å². The van der Waals surface area contributed by atoms with Crippen LogP contribution in [0.25, 0.3) is 17.1 Å². The quantitative estimate of drug-likeness (QED) is 0.443. The van der Waals surface area contributed by atoms with Crippen molar-refractivity contribution in [3.63, 3.8) is 0 Å². The fourth-order valence-corrected chi connectivity index (χ4v) is 2.73. The summed E-state index contributed by atoms with van der Waals surface area (Å²) in [5.74, 6) is -0.679. The molecule has 9 nitrogen and oxygen atoms in total. The number of hydrogen-bond donors (Lipinski definition) is 1. The lowest BCUT2D eigenvalue weighted by atomic mass is 10.3. The van der Waals surface area contributed by atoms with Crippen LogP contribution in [0.3, 0.4) is 0 Å². The average Bonchev–Trinajstić information content (AvgIpc) is 3.02. The van der Waals surface area contributed by atoms with E-state index in [1.807, 2.05) is 0 Å². The first kappa shape index (κ1) is 13.3. The minimum Gasteiger partial charge on any atom is -0.399 e. The van der Waals surface area contributed by atoms with Crippen molar-refractivity contribution >= 4 is 21.6 Å². The van der Waals surface area contributed by atoms with E-state index in [1.165, 1.54) is 18.3 Å². The van der Waals surface area contributed by atoms with Crippen LogP contribution >= 0.6 is 0 Å². The number of aromatic nitrogens is 2. The summed E-state index contributed by atoms with van der Waals surface area (Å²) in [6, 6.07) is 7.00. The molecule has 0 spiro atoms. The molecule has 0 aliphatic carbocycles. The van der Waals surface area contributed by atoms with E-state index in [1.54, 1.807) is 12.1 Å². The summed E-state index contributed by atoms with van der Waals surface area (Å²) < 4.78 is 38.6. The fraction of sp³-hybridized carbons (Fsp3) is 0. The van der Waals surface area contributed by atoms with Crippen molar-refractivity contribution in [3.05, 3.63) is 46.6 Å². The second kappa shape index (κ2) is 4.40. The number of hydrogen-bond acceptors (Lipinski definition) is 6. The highest BCUT2D eigenvalue weighted by Gasteiger charge is 2.27. The molecule has 0 atom stereocenters. The van der Waals surface area contributed by atoms with Crippen LogP contribution in [0.5, 0.6) is 0 Å². The van der Waals surface area contributed by atoms with Gasteiger partial charge in [-0.3, -0.25) is 19.1 Å². The lowest BCUT2D eigenvalue weighted by molar-refractivity contribution is -0.401. The maximum atomic E-state index is 11.6. The zero-order valence-corrected chi connectivity index (χ0v) is 11.0. The molecule has 0 saturated carbocycles. The molecule has 0 amide bonds. The SMILES string of the molecule is O=[N+]([O-])c1ccc(-c2nc3ccccn3c2S(=O)(=O)O)o1. The number of fused-ring (bicyclic) bond motifs is 1. The second-order valence-electron chi connectivity index (χ2n) is 4.06. The highest BCUT2D eigenvalue weighted by Crippen LogP contribution is 2.31. The molecular formula is C11H7N3O6S. The molecule has 21 heavy (non-hydrogen) atoms. The van der Waals surface area contributed by atoms with E-state index in [0.29, 0.717) is 0 Å². The molecule has 0 bridgehead atoms. The van der Waals surface area contributed by atoms with Crippen molar-refractivity contribution in [3.8, 4) is 11.5 Å². The van der Waals surface area contributed by atoms with Crippen molar-refractivity contribution in [1.29, 1.82) is 0 Å². The Balaban J connectivity index is 2.33. The van der Waals surface area contributed by atoms with Gasteiger partial charge in [0.1, 0.15) is 16.3 Å². The number of rotatable bonds is 3. The lowest BCUT2D eigenvalue weighted by Crippen LogP contribution is -2.04. The summed E-state index contributed by atoms with van der Waals surface area (Å²) in [5.41, 5.74) is 0.0518. The topological polar surface area (TPSA) is 128 Å². The number of imidazole rings is 1. The predicted octanol–water partition coefficient (Wildman–Crippen LogP) is 1.75. The second-order valence-corrected chi connectivity index (χ2v) is 5.40. The Kier molecular flexibility index (Phi) is 2.78. The van der Waals surface area contributed by atoms with Gasteiger partial charge in [-0.1, -0.05) is 6.07 Å².